The summed E-state index contributed by atoms with van der Waals surface area (Å²) >= 11 is 0. The minimum absolute atomic E-state index is 0.116. The van der Waals surface area contributed by atoms with E-state index >= 15 is 0 Å². The van der Waals surface area contributed by atoms with Gasteiger partial charge in [0.25, 0.3) is 0 Å². The van der Waals surface area contributed by atoms with Crippen LogP contribution in [0.3, 0.4) is 0 Å². The second-order valence-corrected chi connectivity index (χ2v) is 5.20. The van der Waals surface area contributed by atoms with Crippen molar-refractivity contribution in [3.8, 4) is 0 Å². The van der Waals surface area contributed by atoms with Crippen LogP contribution < -0.4 is 5.32 Å². The van der Waals surface area contributed by atoms with Crippen LogP contribution in [0.4, 0.5) is 0 Å². The molecule has 0 rings (SSSR count). The molecule has 0 aromatic rings. The van der Waals surface area contributed by atoms with Gasteiger partial charge in [0.05, 0.1) is 6.61 Å². The van der Waals surface area contributed by atoms with Crippen molar-refractivity contribution in [3.63, 3.8) is 0 Å². The van der Waals surface area contributed by atoms with Gasteiger partial charge in [0.15, 0.2) is 0 Å². The molecule has 0 spiro atoms. The van der Waals surface area contributed by atoms with Crippen LogP contribution in [0, 0.1) is 0 Å². The zero-order chi connectivity index (χ0) is 12.6. The SMILES string of the molecule is CCCN(CCCC(C)(CO)NC)C(C)C. The lowest BCUT2D eigenvalue weighted by Gasteiger charge is -2.30. The third kappa shape index (κ3) is 5.83. The molecule has 2 N–H and O–H groups in total. The molecule has 0 saturated carbocycles. The van der Waals surface area contributed by atoms with Gasteiger partial charge in [-0.2, -0.15) is 0 Å². The molecule has 1 atom stereocenters. The molecule has 0 radical (unpaired) electrons. The highest BCUT2D eigenvalue weighted by Crippen LogP contribution is 2.12. The normalized spacial score (nSPS) is 15.8. The van der Waals surface area contributed by atoms with Crippen LogP contribution in [-0.2, 0) is 0 Å². The maximum atomic E-state index is 9.29. The van der Waals surface area contributed by atoms with E-state index in [1.165, 1.54) is 13.0 Å². The summed E-state index contributed by atoms with van der Waals surface area (Å²) in [6.45, 7) is 11.3. The third-order valence-corrected chi connectivity index (χ3v) is 3.37. The van der Waals surface area contributed by atoms with E-state index in [1.54, 1.807) is 0 Å². The Bertz CT molecular complexity index is 167. The first-order valence-corrected chi connectivity index (χ1v) is 6.53. The fraction of sp³-hybridized carbons (Fsp3) is 1.00. The minimum Gasteiger partial charge on any atom is -0.394 e. The fourth-order valence-corrected chi connectivity index (χ4v) is 1.87. The van der Waals surface area contributed by atoms with Crippen LogP contribution in [-0.4, -0.2) is 48.3 Å². The van der Waals surface area contributed by atoms with Crippen molar-refractivity contribution in [1.82, 2.24) is 10.2 Å². The van der Waals surface area contributed by atoms with Crippen LogP contribution in [0.25, 0.3) is 0 Å². The molecule has 16 heavy (non-hydrogen) atoms. The monoisotopic (exact) mass is 230 g/mol. The standard InChI is InChI=1S/C13H30N2O/c1-6-9-15(12(2)3)10-7-8-13(4,11-16)14-5/h12,14,16H,6-11H2,1-5H3. The predicted octanol–water partition coefficient (Wildman–Crippen LogP) is 1.86. The lowest BCUT2D eigenvalue weighted by molar-refractivity contribution is 0.157. The van der Waals surface area contributed by atoms with E-state index in [2.05, 4.69) is 37.9 Å². The summed E-state index contributed by atoms with van der Waals surface area (Å²) < 4.78 is 0. The Hall–Kier alpha value is -0.120. The molecule has 0 heterocycles. The lowest BCUT2D eigenvalue weighted by Crippen LogP contribution is -2.44. The number of hydrogen-bond donors (Lipinski definition) is 2. The molecule has 0 bridgehead atoms. The number of rotatable bonds is 9. The van der Waals surface area contributed by atoms with E-state index in [0.29, 0.717) is 6.04 Å². The molecule has 0 aromatic heterocycles. The maximum absolute atomic E-state index is 9.29. The Balaban J connectivity index is 3.93. The highest BCUT2D eigenvalue weighted by molar-refractivity contribution is 4.80. The summed E-state index contributed by atoms with van der Waals surface area (Å²) in [7, 11) is 1.92. The Labute approximate surface area is 101 Å². The fourth-order valence-electron chi connectivity index (χ4n) is 1.87. The molecule has 0 aliphatic rings. The van der Waals surface area contributed by atoms with Crippen molar-refractivity contribution in [2.75, 3.05) is 26.7 Å². The molecule has 0 saturated heterocycles. The first kappa shape index (κ1) is 15.9. The average molecular weight is 230 g/mol. The van der Waals surface area contributed by atoms with E-state index in [0.717, 1.165) is 19.4 Å². The quantitative estimate of drug-likeness (QED) is 0.634. The van der Waals surface area contributed by atoms with Crippen LogP contribution in [0.15, 0.2) is 0 Å². The summed E-state index contributed by atoms with van der Waals surface area (Å²) in [6.07, 6.45) is 3.37. The van der Waals surface area contributed by atoms with Crippen molar-refractivity contribution < 1.29 is 5.11 Å². The number of aliphatic hydroxyl groups excluding tert-OH is 1. The molecule has 1 unspecified atom stereocenters. The largest absolute Gasteiger partial charge is 0.394 e. The number of hydrogen-bond acceptors (Lipinski definition) is 3. The third-order valence-electron chi connectivity index (χ3n) is 3.37. The number of aliphatic hydroxyl groups is 1. The van der Waals surface area contributed by atoms with Gasteiger partial charge in [-0.05, 0) is 60.2 Å². The topological polar surface area (TPSA) is 35.5 Å². The van der Waals surface area contributed by atoms with Crippen molar-refractivity contribution in [2.45, 2.75) is 58.5 Å². The molecule has 3 heteroatoms. The predicted molar refractivity (Wildman–Crippen MR) is 70.8 cm³/mol. The molecule has 3 nitrogen and oxygen atoms in total. The molecular formula is C13H30N2O. The molecule has 0 amide bonds. The summed E-state index contributed by atoms with van der Waals surface area (Å²) in [6, 6.07) is 0.620. The van der Waals surface area contributed by atoms with E-state index in [-0.39, 0.29) is 12.1 Å². The lowest BCUT2D eigenvalue weighted by atomic mass is 9.97. The summed E-state index contributed by atoms with van der Waals surface area (Å²) in [4.78, 5) is 2.51. The Morgan fingerprint density at radius 2 is 1.94 bits per heavy atom. The molecule has 0 fully saturated rings. The van der Waals surface area contributed by atoms with Gasteiger partial charge in [-0.15, -0.1) is 0 Å². The van der Waals surface area contributed by atoms with Gasteiger partial charge in [0.2, 0.25) is 0 Å². The highest BCUT2D eigenvalue weighted by atomic mass is 16.3. The minimum atomic E-state index is -0.116. The Morgan fingerprint density at radius 1 is 1.31 bits per heavy atom. The highest BCUT2D eigenvalue weighted by Gasteiger charge is 2.20. The van der Waals surface area contributed by atoms with Gasteiger partial charge in [-0.3, -0.25) is 0 Å². The zero-order valence-corrected chi connectivity index (χ0v) is 11.7. The average Bonchev–Trinajstić information content (AvgIpc) is 2.27. The van der Waals surface area contributed by atoms with Crippen molar-refractivity contribution in [1.29, 1.82) is 0 Å². The van der Waals surface area contributed by atoms with Gasteiger partial charge < -0.3 is 15.3 Å². The Morgan fingerprint density at radius 3 is 2.31 bits per heavy atom. The number of likely N-dealkylation sites (N-methyl/N-ethyl adjacent to an activating group) is 1. The van der Waals surface area contributed by atoms with Gasteiger partial charge in [-0.1, -0.05) is 6.92 Å². The number of nitrogens with one attached hydrogen (secondary N) is 1. The van der Waals surface area contributed by atoms with Crippen LogP contribution >= 0.6 is 0 Å². The van der Waals surface area contributed by atoms with Crippen molar-refractivity contribution in [3.05, 3.63) is 0 Å². The molecular weight excluding hydrogens is 200 g/mol. The van der Waals surface area contributed by atoms with E-state index in [1.807, 2.05) is 7.05 Å². The summed E-state index contributed by atoms with van der Waals surface area (Å²) in [5, 5.41) is 12.5. The second-order valence-electron chi connectivity index (χ2n) is 5.20. The van der Waals surface area contributed by atoms with Crippen molar-refractivity contribution in [2.24, 2.45) is 0 Å². The molecule has 0 aliphatic heterocycles. The van der Waals surface area contributed by atoms with E-state index in [4.69, 9.17) is 0 Å². The van der Waals surface area contributed by atoms with Crippen LogP contribution in [0.5, 0.6) is 0 Å². The summed E-state index contributed by atoms with van der Waals surface area (Å²) in [5.74, 6) is 0. The van der Waals surface area contributed by atoms with Crippen molar-refractivity contribution >= 4 is 0 Å². The van der Waals surface area contributed by atoms with E-state index in [9.17, 15) is 5.11 Å². The van der Waals surface area contributed by atoms with Gasteiger partial charge in [0.1, 0.15) is 0 Å². The van der Waals surface area contributed by atoms with Crippen LogP contribution in [0.1, 0.15) is 47.0 Å². The first-order chi connectivity index (χ1) is 7.49. The maximum Gasteiger partial charge on any atom is 0.0610 e. The smallest absolute Gasteiger partial charge is 0.0610 e. The van der Waals surface area contributed by atoms with Gasteiger partial charge in [0, 0.05) is 11.6 Å². The first-order valence-electron chi connectivity index (χ1n) is 6.53. The Kier molecular flexibility index (Phi) is 7.98. The molecule has 0 aliphatic carbocycles. The molecule has 0 aromatic carbocycles. The number of nitrogens with zero attached hydrogens (tertiary/aromatic N) is 1. The summed E-state index contributed by atoms with van der Waals surface area (Å²) in [5.41, 5.74) is -0.116. The molecule has 98 valence electrons. The van der Waals surface area contributed by atoms with E-state index < -0.39 is 0 Å². The second kappa shape index (κ2) is 8.04. The van der Waals surface area contributed by atoms with Gasteiger partial charge in [-0.25, -0.2) is 0 Å². The zero-order valence-electron chi connectivity index (χ0n) is 11.7. The van der Waals surface area contributed by atoms with Crippen LogP contribution in [0.2, 0.25) is 0 Å². The van der Waals surface area contributed by atoms with Gasteiger partial charge >= 0.3 is 0 Å².